The zero-order chi connectivity index (χ0) is 18.8. The number of halogens is 6. The van der Waals surface area contributed by atoms with Gasteiger partial charge in [0, 0.05) is 5.69 Å². The summed E-state index contributed by atoms with van der Waals surface area (Å²) in [5, 5.41) is 3.45. The number of hydrogen-bond donors (Lipinski definition) is 2. The minimum absolute atomic E-state index is 0.385. The molecule has 132 valence electrons. The number of urea groups is 1. The molecule has 0 saturated heterocycles. The lowest BCUT2D eigenvalue weighted by molar-refractivity contribution is -0.139. The summed E-state index contributed by atoms with van der Waals surface area (Å²) in [4.78, 5) is 23.2. The molecule has 2 aromatic rings. The minimum Gasteiger partial charge on any atom is -0.308 e. The smallest absolute Gasteiger partial charge is 0.308 e. The average molecular weight is 362 g/mol. The Labute approximate surface area is 136 Å². The number of nitrogens with one attached hydrogen (secondary N) is 2. The first-order chi connectivity index (χ1) is 11.6. The molecule has 0 atom stereocenters. The summed E-state index contributed by atoms with van der Waals surface area (Å²) in [6.45, 7) is 0. The third-order valence-corrected chi connectivity index (χ3v) is 2.95. The molecule has 0 aliphatic heterocycles. The number of anilines is 1. The first-order valence-corrected chi connectivity index (χ1v) is 6.52. The summed E-state index contributed by atoms with van der Waals surface area (Å²) < 4.78 is 77.4. The van der Waals surface area contributed by atoms with Gasteiger partial charge < -0.3 is 5.32 Å². The first-order valence-electron chi connectivity index (χ1n) is 6.52. The Balaban J connectivity index is 2.10. The molecule has 25 heavy (non-hydrogen) atoms. The second kappa shape index (κ2) is 6.83. The molecule has 0 unspecified atom stereocenters. The van der Waals surface area contributed by atoms with Gasteiger partial charge in [-0.3, -0.25) is 10.1 Å². The van der Waals surface area contributed by atoms with Gasteiger partial charge in [0.2, 0.25) is 0 Å². The van der Waals surface area contributed by atoms with Gasteiger partial charge in [0.15, 0.2) is 0 Å². The molecular formula is C15H8F6N2O2. The third kappa shape index (κ3) is 4.28. The van der Waals surface area contributed by atoms with Gasteiger partial charge in [-0.25, -0.2) is 18.0 Å². The van der Waals surface area contributed by atoms with Crippen molar-refractivity contribution in [1.29, 1.82) is 0 Å². The van der Waals surface area contributed by atoms with Gasteiger partial charge in [-0.15, -0.1) is 0 Å². The van der Waals surface area contributed by atoms with Crippen LogP contribution in [0.5, 0.6) is 0 Å². The Kier molecular flexibility index (Phi) is 5.00. The molecule has 0 aliphatic rings. The maximum absolute atomic E-state index is 13.4. The highest BCUT2D eigenvalue weighted by molar-refractivity contribution is 6.08. The summed E-state index contributed by atoms with van der Waals surface area (Å²) in [5.74, 6) is -5.49. The predicted octanol–water partition coefficient (Wildman–Crippen LogP) is 4.08. The zero-order valence-electron chi connectivity index (χ0n) is 12.0. The Morgan fingerprint density at radius 3 is 2.00 bits per heavy atom. The van der Waals surface area contributed by atoms with Crippen molar-refractivity contribution in [2.75, 3.05) is 5.32 Å². The topological polar surface area (TPSA) is 58.2 Å². The molecule has 0 aliphatic carbocycles. The van der Waals surface area contributed by atoms with E-state index in [4.69, 9.17) is 0 Å². The van der Waals surface area contributed by atoms with Crippen molar-refractivity contribution >= 4 is 17.6 Å². The van der Waals surface area contributed by atoms with Crippen molar-refractivity contribution < 1.29 is 35.9 Å². The second-order valence-corrected chi connectivity index (χ2v) is 4.70. The Morgan fingerprint density at radius 1 is 0.880 bits per heavy atom. The molecule has 3 amide bonds. The number of rotatable bonds is 2. The fourth-order valence-electron chi connectivity index (χ4n) is 1.87. The molecule has 0 bridgehead atoms. The van der Waals surface area contributed by atoms with Gasteiger partial charge in [-0.1, -0.05) is 6.07 Å². The average Bonchev–Trinajstić information content (AvgIpc) is 2.45. The van der Waals surface area contributed by atoms with E-state index in [2.05, 4.69) is 0 Å². The largest absolute Gasteiger partial charge is 0.419 e. The van der Waals surface area contributed by atoms with E-state index in [1.54, 1.807) is 5.32 Å². The summed E-state index contributed by atoms with van der Waals surface area (Å²) in [6, 6.07) is 2.81. The lowest BCUT2D eigenvalue weighted by Crippen LogP contribution is -2.35. The van der Waals surface area contributed by atoms with Crippen LogP contribution in [0.1, 0.15) is 15.9 Å². The van der Waals surface area contributed by atoms with Gasteiger partial charge in [0.05, 0.1) is 5.56 Å². The van der Waals surface area contributed by atoms with Crippen LogP contribution >= 0.6 is 0 Å². The highest BCUT2D eigenvalue weighted by Gasteiger charge is 2.34. The number of carbonyl (C=O) groups is 2. The van der Waals surface area contributed by atoms with Crippen LogP contribution in [-0.2, 0) is 6.18 Å². The van der Waals surface area contributed by atoms with E-state index in [1.165, 1.54) is 0 Å². The van der Waals surface area contributed by atoms with Gasteiger partial charge in [0.1, 0.15) is 23.0 Å². The summed E-state index contributed by atoms with van der Waals surface area (Å²) in [5.41, 5.74) is -2.95. The Morgan fingerprint density at radius 2 is 1.48 bits per heavy atom. The van der Waals surface area contributed by atoms with Crippen LogP contribution in [0, 0.1) is 17.5 Å². The highest BCUT2D eigenvalue weighted by atomic mass is 19.4. The van der Waals surface area contributed by atoms with Crippen LogP contribution in [0.15, 0.2) is 36.4 Å². The van der Waals surface area contributed by atoms with Crippen molar-refractivity contribution in [3.8, 4) is 0 Å². The number of imide groups is 1. The van der Waals surface area contributed by atoms with Gasteiger partial charge >= 0.3 is 12.2 Å². The van der Waals surface area contributed by atoms with Crippen LogP contribution < -0.4 is 10.6 Å². The summed E-state index contributed by atoms with van der Waals surface area (Å²) in [7, 11) is 0. The van der Waals surface area contributed by atoms with Crippen LogP contribution in [0.2, 0.25) is 0 Å². The van der Waals surface area contributed by atoms with E-state index in [1.807, 2.05) is 5.32 Å². The molecular weight excluding hydrogens is 354 g/mol. The fourth-order valence-corrected chi connectivity index (χ4v) is 1.87. The molecule has 0 radical (unpaired) electrons. The summed E-state index contributed by atoms with van der Waals surface area (Å²) in [6.07, 6.45) is -4.91. The maximum atomic E-state index is 13.4. The van der Waals surface area contributed by atoms with Gasteiger partial charge in [-0.2, -0.15) is 13.2 Å². The van der Waals surface area contributed by atoms with E-state index >= 15 is 0 Å². The monoisotopic (exact) mass is 362 g/mol. The predicted molar refractivity (Wildman–Crippen MR) is 74.2 cm³/mol. The van der Waals surface area contributed by atoms with Crippen LogP contribution in [-0.4, -0.2) is 11.9 Å². The minimum atomic E-state index is -4.91. The molecule has 0 fully saturated rings. The van der Waals surface area contributed by atoms with Crippen molar-refractivity contribution in [3.63, 3.8) is 0 Å². The number of carbonyl (C=O) groups excluding carboxylic acids is 2. The van der Waals surface area contributed by atoms with E-state index in [0.29, 0.717) is 12.1 Å². The number of hydrogen-bond acceptors (Lipinski definition) is 2. The van der Waals surface area contributed by atoms with Crippen LogP contribution in [0.25, 0.3) is 0 Å². The van der Waals surface area contributed by atoms with Crippen molar-refractivity contribution in [2.24, 2.45) is 0 Å². The lowest BCUT2D eigenvalue weighted by atomic mass is 10.2. The first kappa shape index (κ1) is 18.3. The third-order valence-electron chi connectivity index (χ3n) is 2.95. The highest BCUT2D eigenvalue weighted by Crippen LogP contribution is 2.32. The van der Waals surface area contributed by atoms with Crippen LogP contribution in [0.4, 0.5) is 36.8 Å². The number of benzene rings is 2. The van der Waals surface area contributed by atoms with Crippen molar-refractivity contribution in [2.45, 2.75) is 6.18 Å². The quantitative estimate of drug-likeness (QED) is 0.791. The van der Waals surface area contributed by atoms with Gasteiger partial charge in [0.25, 0.3) is 5.91 Å². The van der Waals surface area contributed by atoms with E-state index < -0.39 is 52.4 Å². The second-order valence-electron chi connectivity index (χ2n) is 4.70. The van der Waals surface area contributed by atoms with Crippen LogP contribution in [0.3, 0.4) is 0 Å². The molecule has 0 aromatic heterocycles. The molecule has 2 N–H and O–H groups in total. The fraction of sp³-hybridized carbons (Fsp3) is 0.0667. The molecule has 0 spiro atoms. The number of alkyl halides is 3. The standard InChI is InChI=1S/C15H8F6N2O2/c16-9-2-1-3-10(17)12(9)13(24)23-14(25)22-7-4-5-8(11(18)6-7)15(19,20)21/h1-6H,(H2,22,23,24,25). The number of amides is 3. The summed E-state index contributed by atoms with van der Waals surface area (Å²) >= 11 is 0. The molecule has 2 rings (SSSR count). The Bertz CT molecular complexity index is 815. The zero-order valence-corrected chi connectivity index (χ0v) is 12.0. The molecule has 4 nitrogen and oxygen atoms in total. The van der Waals surface area contributed by atoms with E-state index in [9.17, 15) is 35.9 Å². The van der Waals surface area contributed by atoms with E-state index in [0.717, 1.165) is 24.3 Å². The van der Waals surface area contributed by atoms with E-state index in [-0.39, 0.29) is 0 Å². The molecule has 10 heteroatoms. The maximum Gasteiger partial charge on any atom is 0.419 e. The Hall–Kier alpha value is -3.04. The van der Waals surface area contributed by atoms with Crippen molar-refractivity contribution in [3.05, 3.63) is 65.0 Å². The SMILES string of the molecule is O=C(NC(=O)c1c(F)cccc1F)Nc1ccc(C(F)(F)F)c(F)c1. The van der Waals surface area contributed by atoms with Gasteiger partial charge in [-0.05, 0) is 30.3 Å². The normalized spacial score (nSPS) is 11.1. The molecule has 2 aromatic carbocycles. The molecule has 0 saturated carbocycles. The lowest BCUT2D eigenvalue weighted by Gasteiger charge is -2.11. The van der Waals surface area contributed by atoms with Crippen molar-refractivity contribution in [1.82, 2.24) is 5.32 Å². The molecule has 0 heterocycles.